The average molecular weight is 402 g/mol. The molecule has 1 aromatic heterocycles. The van der Waals surface area contributed by atoms with Crippen LogP contribution in [0.5, 0.6) is 5.75 Å². The highest BCUT2D eigenvalue weighted by molar-refractivity contribution is 5.68. The van der Waals surface area contributed by atoms with Crippen molar-refractivity contribution in [1.29, 1.82) is 0 Å². The Bertz CT molecular complexity index is 1000. The van der Waals surface area contributed by atoms with Gasteiger partial charge in [0.2, 0.25) is 0 Å². The van der Waals surface area contributed by atoms with Crippen LogP contribution in [-0.4, -0.2) is 29.2 Å². The first-order valence-corrected chi connectivity index (χ1v) is 10.4. The first-order chi connectivity index (χ1) is 14.7. The Morgan fingerprint density at radius 1 is 1.07 bits per heavy atom. The van der Waals surface area contributed by atoms with E-state index in [4.69, 9.17) is 4.74 Å². The van der Waals surface area contributed by atoms with Crippen molar-refractivity contribution in [2.45, 2.75) is 31.6 Å². The number of benzene rings is 2. The molecule has 154 valence electrons. The van der Waals surface area contributed by atoms with Gasteiger partial charge in [-0.05, 0) is 71.7 Å². The third-order valence-electron chi connectivity index (χ3n) is 5.54. The minimum atomic E-state index is -0.757. The second-order valence-corrected chi connectivity index (χ2v) is 7.67. The summed E-state index contributed by atoms with van der Waals surface area (Å²) in [6, 6.07) is 18.3. The van der Waals surface area contributed by atoms with Crippen LogP contribution in [0.25, 0.3) is 0 Å². The lowest BCUT2D eigenvalue weighted by Gasteiger charge is -2.16. The molecule has 0 aliphatic heterocycles. The Morgan fingerprint density at radius 3 is 2.73 bits per heavy atom. The highest BCUT2D eigenvalue weighted by Crippen LogP contribution is 2.35. The van der Waals surface area contributed by atoms with Gasteiger partial charge in [-0.15, -0.1) is 0 Å². The van der Waals surface area contributed by atoms with E-state index in [9.17, 15) is 9.90 Å². The Morgan fingerprint density at radius 2 is 1.90 bits per heavy atom. The smallest absolute Gasteiger partial charge is 0.303 e. The predicted molar refractivity (Wildman–Crippen MR) is 117 cm³/mol. The molecular formula is C25H26N2O3. The van der Waals surface area contributed by atoms with Crippen LogP contribution in [0.3, 0.4) is 0 Å². The molecule has 4 rings (SSSR count). The van der Waals surface area contributed by atoms with Gasteiger partial charge in [0.05, 0.1) is 13.0 Å². The average Bonchev–Trinajstić information content (AvgIpc) is 2.90. The lowest BCUT2D eigenvalue weighted by atomic mass is 9.89. The van der Waals surface area contributed by atoms with Gasteiger partial charge in [-0.3, -0.25) is 9.78 Å². The van der Waals surface area contributed by atoms with Crippen molar-refractivity contribution in [3.05, 3.63) is 89.2 Å². The van der Waals surface area contributed by atoms with Gasteiger partial charge in [-0.1, -0.05) is 30.3 Å². The van der Waals surface area contributed by atoms with E-state index in [-0.39, 0.29) is 12.3 Å². The van der Waals surface area contributed by atoms with Gasteiger partial charge in [0.15, 0.2) is 0 Å². The SMILES string of the molecule is O=C(O)CC1Cc2cc(OCCCNc3ccncc3)ccc2Cc2ccccc21. The van der Waals surface area contributed by atoms with Crippen LogP contribution in [0.4, 0.5) is 5.69 Å². The van der Waals surface area contributed by atoms with Gasteiger partial charge in [0.1, 0.15) is 5.75 Å². The number of pyridine rings is 1. The molecule has 5 nitrogen and oxygen atoms in total. The van der Waals surface area contributed by atoms with Crippen molar-refractivity contribution in [2.75, 3.05) is 18.5 Å². The van der Waals surface area contributed by atoms with Crippen LogP contribution in [0, 0.1) is 0 Å². The van der Waals surface area contributed by atoms with Crippen LogP contribution in [0.2, 0.25) is 0 Å². The number of aromatic nitrogens is 1. The number of aliphatic carboxylic acids is 1. The number of hydrogen-bond acceptors (Lipinski definition) is 4. The summed E-state index contributed by atoms with van der Waals surface area (Å²) >= 11 is 0. The summed E-state index contributed by atoms with van der Waals surface area (Å²) in [5.41, 5.74) is 5.87. The first-order valence-electron chi connectivity index (χ1n) is 10.4. The van der Waals surface area contributed by atoms with Gasteiger partial charge >= 0.3 is 5.97 Å². The molecule has 0 saturated carbocycles. The van der Waals surface area contributed by atoms with Crippen molar-refractivity contribution < 1.29 is 14.6 Å². The van der Waals surface area contributed by atoms with E-state index in [1.54, 1.807) is 12.4 Å². The summed E-state index contributed by atoms with van der Waals surface area (Å²) in [5, 5.41) is 12.7. The zero-order chi connectivity index (χ0) is 20.8. The summed E-state index contributed by atoms with van der Waals surface area (Å²) in [4.78, 5) is 15.4. The number of hydrogen-bond donors (Lipinski definition) is 2. The number of carboxylic acids is 1. The fourth-order valence-corrected chi connectivity index (χ4v) is 4.09. The molecule has 0 bridgehead atoms. The quantitative estimate of drug-likeness (QED) is 0.536. The maximum Gasteiger partial charge on any atom is 0.303 e. The van der Waals surface area contributed by atoms with Crippen LogP contribution in [0.1, 0.15) is 41.0 Å². The Hall–Kier alpha value is -3.34. The van der Waals surface area contributed by atoms with Crippen molar-refractivity contribution in [3.8, 4) is 5.75 Å². The molecule has 2 aromatic carbocycles. The van der Waals surface area contributed by atoms with Crippen LogP contribution >= 0.6 is 0 Å². The van der Waals surface area contributed by atoms with Crippen LogP contribution in [-0.2, 0) is 17.6 Å². The maximum absolute atomic E-state index is 11.4. The molecule has 0 saturated heterocycles. The highest BCUT2D eigenvalue weighted by Gasteiger charge is 2.24. The molecule has 0 amide bonds. The largest absolute Gasteiger partial charge is 0.494 e. The molecule has 30 heavy (non-hydrogen) atoms. The molecule has 1 aliphatic carbocycles. The molecule has 5 heteroatoms. The van der Waals surface area contributed by atoms with E-state index in [1.807, 2.05) is 30.3 Å². The van der Waals surface area contributed by atoms with Crippen LogP contribution in [0.15, 0.2) is 67.0 Å². The van der Waals surface area contributed by atoms with Crippen molar-refractivity contribution in [3.63, 3.8) is 0 Å². The molecule has 2 N–H and O–H groups in total. The summed E-state index contributed by atoms with van der Waals surface area (Å²) in [7, 11) is 0. The molecule has 1 unspecified atom stereocenters. The Kier molecular flexibility index (Phi) is 6.28. The third-order valence-corrected chi connectivity index (χ3v) is 5.54. The lowest BCUT2D eigenvalue weighted by Crippen LogP contribution is -2.10. The van der Waals surface area contributed by atoms with Gasteiger partial charge in [0.25, 0.3) is 0 Å². The topological polar surface area (TPSA) is 71.5 Å². The summed E-state index contributed by atoms with van der Waals surface area (Å²) in [6.45, 7) is 1.45. The van der Waals surface area contributed by atoms with Gasteiger partial charge in [-0.2, -0.15) is 0 Å². The lowest BCUT2D eigenvalue weighted by molar-refractivity contribution is -0.137. The monoisotopic (exact) mass is 402 g/mol. The van der Waals surface area contributed by atoms with E-state index in [2.05, 4.69) is 34.6 Å². The second kappa shape index (κ2) is 9.44. The van der Waals surface area contributed by atoms with Crippen molar-refractivity contribution >= 4 is 11.7 Å². The van der Waals surface area contributed by atoms with E-state index >= 15 is 0 Å². The van der Waals surface area contributed by atoms with E-state index < -0.39 is 5.97 Å². The minimum Gasteiger partial charge on any atom is -0.494 e. The van der Waals surface area contributed by atoms with Gasteiger partial charge in [0, 0.05) is 24.6 Å². The molecule has 1 heterocycles. The number of nitrogens with zero attached hydrogens (tertiary/aromatic N) is 1. The number of carbonyl (C=O) groups is 1. The molecule has 0 radical (unpaired) electrons. The van der Waals surface area contributed by atoms with Crippen molar-refractivity contribution in [1.82, 2.24) is 4.98 Å². The Balaban J connectivity index is 1.40. The number of carboxylic acid groups (broad SMARTS) is 1. The summed E-state index contributed by atoms with van der Waals surface area (Å²) in [6.07, 6.45) is 6.11. The van der Waals surface area contributed by atoms with E-state index in [0.29, 0.717) is 6.61 Å². The zero-order valence-corrected chi connectivity index (χ0v) is 16.9. The number of fused-ring (bicyclic) bond motifs is 2. The highest BCUT2D eigenvalue weighted by atomic mass is 16.5. The molecule has 0 spiro atoms. The minimum absolute atomic E-state index is 0.0141. The fraction of sp³-hybridized carbons (Fsp3) is 0.280. The van der Waals surface area contributed by atoms with Gasteiger partial charge in [-0.25, -0.2) is 0 Å². The maximum atomic E-state index is 11.4. The third kappa shape index (κ3) is 4.98. The molecule has 0 fully saturated rings. The second-order valence-electron chi connectivity index (χ2n) is 7.67. The number of rotatable bonds is 8. The number of anilines is 1. The van der Waals surface area contributed by atoms with Crippen molar-refractivity contribution in [2.24, 2.45) is 0 Å². The molecule has 3 aromatic rings. The molecule has 1 aliphatic rings. The molecule has 1 atom stereocenters. The zero-order valence-electron chi connectivity index (χ0n) is 16.9. The van der Waals surface area contributed by atoms with E-state index in [0.717, 1.165) is 42.8 Å². The Labute approximate surface area is 176 Å². The summed E-state index contributed by atoms with van der Waals surface area (Å²) < 4.78 is 5.98. The van der Waals surface area contributed by atoms with E-state index in [1.165, 1.54) is 16.7 Å². The van der Waals surface area contributed by atoms with Gasteiger partial charge < -0.3 is 15.2 Å². The predicted octanol–water partition coefficient (Wildman–Crippen LogP) is 4.67. The normalized spacial score (nSPS) is 14.9. The summed E-state index contributed by atoms with van der Waals surface area (Å²) in [5.74, 6) is 0.0739. The van der Waals surface area contributed by atoms with Crippen LogP contribution < -0.4 is 10.1 Å². The fourth-order valence-electron chi connectivity index (χ4n) is 4.09. The molecular weight excluding hydrogens is 376 g/mol. The number of nitrogens with one attached hydrogen (secondary N) is 1. The number of ether oxygens (including phenoxy) is 1. The first kappa shape index (κ1) is 20.0. The standard InChI is InChI=1S/C25H26N2O3/c28-25(29)17-21-15-20-16-23(30-13-3-10-27-22-8-11-26-12-9-22)7-6-18(20)14-19-4-1-2-5-24(19)21/h1-2,4-9,11-12,16,21H,3,10,13-15,17H2,(H,26,27)(H,28,29).